The number of hydrogen-bond donors (Lipinski definition) is 0. The Labute approximate surface area is 241 Å². The van der Waals surface area contributed by atoms with Gasteiger partial charge in [0.1, 0.15) is 11.5 Å². The molecule has 0 aliphatic heterocycles. The molecule has 0 fully saturated rings. The van der Waals surface area contributed by atoms with E-state index in [9.17, 15) is 14.0 Å². The van der Waals surface area contributed by atoms with E-state index < -0.39 is 6.54 Å². The van der Waals surface area contributed by atoms with Gasteiger partial charge in [0.25, 0.3) is 11.1 Å². The Morgan fingerprint density at radius 1 is 0.725 bits per heavy atom. The van der Waals surface area contributed by atoms with Gasteiger partial charge in [-0.15, -0.1) is 0 Å². The van der Waals surface area contributed by atoms with Crippen LogP contribution in [0.3, 0.4) is 0 Å². The van der Waals surface area contributed by atoms with E-state index in [1.807, 2.05) is 13.8 Å². The molecule has 4 aromatic rings. The summed E-state index contributed by atoms with van der Waals surface area (Å²) < 4.78 is 29.0. The minimum absolute atomic E-state index is 0.140. The van der Waals surface area contributed by atoms with E-state index in [4.69, 9.17) is 9.47 Å². The number of halogens is 1. The Hall–Kier alpha value is -3.05. The van der Waals surface area contributed by atoms with Crippen molar-refractivity contribution in [3.63, 3.8) is 0 Å². The van der Waals surface area contributed by atoms with Gasteiger partial charge in [-0.05, 0) is 62.1 Å². The average Bonchev–Trinajstić information content (AvgIpc) is 2.95. The number of nitrogens with zero attached hydrogens (tertiary/aromatic N) is 4. The molecule has 2 aromatic heterocycles. The number of rotatable bonds is 14. The zero-order chi connectivity index (χ0) is 28.6. The van der Waals surface area contributed by atoms with Gasteiger partial charge in [-0.1, -0.05) is 51.2 Å². The van der Waals surface area contributed by atoms with E-state index in [0.717, 1.165) is 37.2 Å². The van der Waals surface area contributed by atoms with Crippen molar-refractivity contribution in [3.05, 3.63) is 57.1 Å². The second kappa shape index (κ2) is 14.0. The number of alkyl halides is 1. The van der Waals surface area contributed by atoms with Gasteiger partial charge in [0.15, 0.2) is 10.3 Å². The Balaban J connectivity index is 1.58. The van der Waals surface area contributed by atoms with Crippen molar-refractivity contribution >= 4 is 45.3 Å². The van der Waals surface area contributed by atoms with Crippen LogP contribution in [0.5, 0.6) is 11.5 Å². The maximum atomic E-state index is 14.9. The maximum Gasteiger partial charge on any atom is 0.396 e. The Bertz CT molecular complexity index is 1470. The zero-order valence-electron chi connectivity index (χ0n) is 23.3. The lowest BCUT2D eigenvalue weighted by Gasteiger charge is -2.16. The van der Waals surface area contributed by atoms with Gasteiger partial charge < -0.3 is 9.47 Å². The first-order valence-electron chi connectivity index (χ1n) is 13.7. The first kappa shape index (κ1) is 29.9. The molecule has 214 valence electrons. The molecule has 0 unspecified atom stereocenters. The molecule has 0 bridgehead atoms. The van der Waals surface area contributed by atoms with Crippen LogP contribution >= 0.6 is 23.5 Å². The van der Waals surface area contributed by atoms with Crippen LogP contribution < -0.4 is 20.6 Å². The molecule has 0 atom stereocenters. The highest BCUT2D eigenvalue weighted by atomic mass is 32.2. The van der Waals surface area contributed by atoms with E-state index in [-0.39, 0.29) is 22.6 Å². The highest BCUT2D eigenvalue weighted by Crippen LogP contribution is 2.25. The molecule has 0 radical (unpaired) electrons. The largest absolute Gasteiger partial charge is 0.429 e. The highest BCUT2D eigenvalue weighted by molar-refractivity contribution is 7.99. The predicted molar refractivity (Wildman–Crippen MR) is 161 cm³/mol. The van der Waals surface area contributed by atoms with Crippen molar-refractivity contribution in [2.75, 3.05) is 11.5 Å². The van der Waals surface area contributed by atoms with Crippen LogP contribution in [0, 0.1) is 0 Å². The number of benzene rings is 2. The molecule has 0 spiro atoms. The van der Waals surface area contributed by atoms with Gasteiger partial charge in [0, 0.05) is 24.6 Å². The molecule has 0 saturated heterocycles. The summed E-state index contributed by atoms with van der Waals surface area (Å²) in [7, 11) is 0. The van der Waals surface area contributed by atoms with Gasteiger partial charge >= 0.3 is 6.54 Å². The van der Waals surface area contributed by atoms with Crippen LogP contribution in [-0.2, 0) is 13.1 Å². The zero-order valence-corrected chi connectivity index (χ0v) is 24.9. The summed E-state index contributed by atoms with van der Waals surface area (Å²) >= 11 is 3.10. The van der Waals surface area contributed by atoms with Crippen LogP contribution in [-0.4, -0.2) is 37.2 Å². The summed E-state index contributed by atoms with van der Waals surface area (Å²) in [6, 6.07) is 9.40. The number of fused-ring (bicyclic) bond motifs is 2. The molecule has 0 aliphatic carbocycles. The van der Waals surface area contributed by atoms with Gasteiger partial charge in [-0.2, -0.15) is 4.39 Å². The van der Waals surface area contributed by atoms with Crippen LogP contribution in [0.1, 0.15) is 53.4 Å². The van der Waals surface area contributed by atoms with Crippen LogP contribution in [0.15, 0.2) is 56.3 Å². The molecular formula is C29H35FN4O4S2. The van der Waals surface area contributed by atoms with Gasteiger partial charge in [-0.3, -0.25) is 18.7 Å². The molecule has 0 amide bonds. The van der Waals surface area contributed by atoms with Crippen molar-refractivity contribution in [1.82, 2.24) is 19.1 Å². The topological polar surface area (TPSA) is 88.2 Å². The Morgan fingerprint density at radius 2 is 1.15 bits per heavy atom. The van der Waals surface area contributed by atoms with E-state index in [1.54, 1.807) is 56.9 Å². The maximum absolute atomic E-state index is 14.9. The summed E-state index contributed by atoms with van der Waals surface area (Å²) in [6.07, 6.45) is 3.51. The van der Waals surface area contributed by atoms with Gasteiger partial charge in [0.2, 0.25) is 0 Å². The normalized spacial score (nSPS) is 11.6. The number of aromatic nitrogens is 4. The lowest BCUT2D eigenvalue weighted by atomic mass is 10.2. The molecule has 0 aliphatic rings. The van der Waals surface area contributed by atoms with Crippen LogP contribution in [0.2, 0.25) is 0 Å². The average molecular weight is 587 g/mol. The second-order valence-corrected chi connectivity index (χ2v) is 11.4. The lowest BCUT2D eigenvalue weighted by molar-refractivity contribution is -0.0979. The lowest BCUT2D eigenvalue weighted by Crippen LogP contribution is -2.24. The highest BCUT2D eigenvalue weighted by Gasteiger charge is 2.17. The summed E-state index contributed by atoms with van der Waals surface area (Å²) in [5.74, 6) is 2.00. The molecule has 11 heteroatoms. The second-order valence-electron chi connectivity index (χ2n) is 9.27. The summed E-state index contributed by atoms with van der Waals surface area (Å²) in [5.41, 5.74) is 0.686. The molecule has 4 rings (SSSR count). The third kappa shape index (κ3) is 6.80. The van der Waals surface area contributed by atoms with E-state index in [0.29, 0.717) is 45.2 Å². The minimum Gasteiger partial charge on any atom is -0.429 e. The summed E-state index contributed by atoms with van der Waals surface area (Å²) in [5, 5.41) is 2.07. The van der Waals surface area contributed by atoms with Crippen molar-refractivity contribution in [2.45, 2.75) is 83.3 Å². The molecular weight excluding hydrogens is 551 g/mol. The van der Waals surface area contributed by atoms with Crippen LogP contribution in [0.4, 0.5) is 4.39 Å². The monoisotopic (exact) mass is 586 g/mol. The number of ether oxygens (including phenoxy) is 2. The predicted octanol–water partition coefficient (Wildman–Crippen LogP) is 6.64. The molecule has 2 heterocycles. The first-order valence-corrected chi connectivity index (χ1v) is 15.7. The Kier molecular flexibility index (Phi) is 10.5. The van der Waals surface area contributed by atoms with Crippen molar-refractivity contribution < 1.29 is 13.9 Å². The van der Waals surface area contributed by atoms with Crippen molar-refractivity contribution in [2.24, 2.45) is 0 Å². The van der Waals surface area contributed by atoms with Crippen molar-refractivity contribution in [3.8, 4) is 11.5 Å². The molecule has 8 nitrogen and oxygen atoms in total. The smallest absolute Gasteiger partial charge is 0.396 e. The fourth-order valence-electron chi connectivity index (χ4n) is 4.19. The third-order valence-electron chi connectivity index (χ3n) is 6.00. The Morgan fingerprint density at radius 3 is 1.52 bits per heavy atom. The minimum atomic E-state index is -2.16. The van der Waals surface area contributed by atoms with Crippen molar-refractivity contribution in [1.29, 1.82) is 0 Å². The molecule has 0 saturated carbocycles. The third-order valence-corrected chi connectivity index (χ3v) is 8.37. The molecule has 0 N–H and O–H groups in total. The first-order chi connectivity index (χ1) is 19.4. The summed E-state index contributed by atoms with van der Waals surface area (Å²) in [6.45, 7) is 7.09. The quantitative estimate of drug-likeness (QED) is 0.0923. The van der Waals surface area contributed by atoms with Crippen LogP contribution in [0.25, 0.3) is 21.8 Å². The number of hydrogen-bond acceptors (Lipinski definition) is 8. The van der Waals surface area contributed by atoms with Gasteiger partial charge in [-0.25, -0.2) is 9.97 Å². The summed E-state index contributed by atoms with van der Waals surface area (Å²) in [4.78, 5) is 35.8. The van der Waals surface area contributed by atoms with E-state index in [2.05, 4.69) is 23.8 Å². The van der Waals surface area contributed by atoms with E-state index >= 15 is 0 Å². The fraction of sp³-hybridized carbons (Fsp3) is 0.448. The standard InChI is InChI=1S/C29H35FN4O4S2/c1-5-13-33-25(35)21-17-19(9-11-23(21)31-28(33)39-15-7-3)37-27(30)38-20-10-12-24-22(18-20)26(36)34(14-6-2)29(32-24)40-16-8-4/h9-12,17-18,27H,5-8,13-16H2,1-4H3. The number of thioether (sulfide) groups is 2. The van der Waals surface area contributed by atoms with E-state index in [1.165, 1.54) is 12.1 Å². The SMILES string of the molecule is CCCSc1nc2ccc(OC(F)Oc3ccc4nc(SCCC)n(CCC)c(=O)c4c3)cc2c(=O)n1CCC. The molecule has 40 heavy (non-hydrogen) atoms. The fourth-order valence-corrected chi connectivity index (χ4v) is 5.95. The van der Waals surface area contributed by atoms with Gasteiger partial charge in [0.05, 0.1) is 21.8 Å². The molecule has 2 aromatic carbocycles.